The molecular formula is C12H18N4. The molecule has 86 valence electrons. The fourth-order valence-electron chi connectivity index (χ4n) is 1.79. The number of aromatic nitrogens is 3. The van der Waals surface area contributed by atoms with Crippen LogP contribution in [0.25, 0.3) is 11.2 Å². The molecule has 2 N–H and O–H groups in total. The summed E-state index contributed by atoms with van der Waals surface area (Å²) in [5.74, 6) is 1.64. The van der Waals surface area contributed by atoms with Crippen LogP contribution in [0.15, 0.2) is 18.3 Å². The molecule has 0 aliphatic heterocycles. The smallest absolute Gasteiger partial charge is 0.177 e. The number of hydrogen-bond acceptors (Lipinski definition) is 3. The molecule has 4 nitrogen and oxygen atoms in total. The highest BCUT2D eigenvalue weighted by Gasteiger charge is 2.09. The van der Waals surface area contributed by atoms with E-state index in [1.807, 2.05) is 19.2 Å². The number of pyridine rings is 1. The molecule has 2 heterocycles. The topological polar surface area (TPSA) is 56.7 Å². The van der Waals surface area contributed by atoms with Gasteiger partial charge >= 0.3 is 0 Å². The second-order valence-electron chi connectivity index (χ2n) is 4.31. The molecule has 0 fully saturated rings. The van der Waals surface area contributed by atoms with E-state index in [1.165, 1.54) is 0 Å². The van der Waals surface area contributed by atoms with E-state index in [4.69, 9.17) is 5.73 Å². The highest BCUT2D eigenvalue weighted by atomic mass is 15.1. The Morgan fingerprint density at radius 1 is 1.50 bits per heavy atom. The van der Waals surface area contributed by atoms with Gasteiger partial charge in [0, 0.05) is 19.7 Å². The molecule has 0 saturated heterocycles. The molecule has 0 radical (unpaired) electrons. The minimum atomic E-state index is 0.549. The van der Waals surface area contributed by atoms with E-state index >= 15 is 0 Å². The molecule has 2 rings (SSSR count). The molecule has 2 aromatic heterocycles. The van der Waals surface area contributed by atoms with E-state index < -0.39 is 0 Å². The Bertz CT molecular complexity index is 475. The molecule has 0 aliphatic rings. The quantitative estimate of drug-likeness (QED) is 0.846. The Morgan fingerprint density at radius 2 is 2.31 bits per heavy atom. The molecule has 0 bridgehead atoms. The number of fused-ring (bicyclic) bond motifs is 1. The van der Waals surface area contributed by atoms with Crippen molar-refractivity contribution in [3.05, 3.63) is 24.2 Å². The molecule has 2 aromatic rings. The average Bonchev–Trinajstić information content (AvgIpc) is 2.64. The molecule has 0 aromatic carbocycles. The van der Waals surface area contributed by atoms with Crippen LogP contribution in [0.4, 0.5) is 0 Å². The van der Waals surface area contributed by atoms with Crippen molar-refractivity contribution in [1.29, 1.82) is 0 Å². The molecule has 0 amide bonds. The first kappa shape index (κ1) is 11.1. The zero-order valence-corrected chi connectivity index (χ0v) is 9.85. The van der Waals surface area contributed by atoms with Gasteiger partial charge in [-0.2, -0.15) is 0 Å². The fourth-order valence-corrected chi connectivity index (χ4v) is 1.79. The van der Waals surface area contributed by atoms with Gasteiger partial charge in [-0.3, -0.25) is 0 Å². The minimum Gasteiger partial charge on any atom is -0.330 e. The maximum atomic E-state index is 5.61. The van der Waals surface area contributed by atoms with Crippen LogP contribution in [-0.4, -0.2) is 21.1 Å². The van der Waals surface area contributed by atoms with Gasteiger partial charge in [0.15, 0.2) is 5.65 Å². The van der Waals surface area contributed by atoms with Crippen LogP contribution in [0.1, 0.15) is 19.2 Å². The van der Waals surface area contributed by atoms with Crippen LogP contribution in [-0.2, 0) is 13.5 Å². The molecule has 0 saturated carbocycles. The summed E-state index contributed by atoms with van der Waals surface area (Å²) < 4.78 is 2.12. The minimum absolute atomic E-state index is 0.549. The highest BCUT2D eigenvalue weighted by molar-refractivity contribution is 5.71. The lowest BCUT2D eigenvalue weighted by Crippen LogP contribution is -2.12. The number of imidazole rings is 1. The molecular weight excluding hydrogens is 200 g/mol. The van der Waals surface area contributed by atoms with Crippen molar-refractivity contribution in [2.45, 2.75) is 19.8 Å². The van der Waals surface area contributed by atoms with Gasteiger partial charge in [-0.15, -0.1) is 0 Å². The number of hydrogen-bond donors (Lipinski definition) is 1. The summed E-state index contributed by atoms with van der Waals surface area (Å²) in [5.41, 5.74) is 7.54. The van der Waals surface area contributed by atoms with Gasteiger partial charge in [0.1, 0.15) is 5.82 Å². The zero-order chi connectivity index (χ0) is 11.5. The number of nitrogens with zero attached hydrogens (tertiary/aromatic N) is 3. The molecule has 0 aliphatic carbocycles. The maximum absolute atomic E-state index is 5.61. The predicted octanol–water partition coefficient (Wildman–Crippen LogP) is 1.50. The van der Waals surface area contributed by atoms with E-state index in [2.05, 4.69) is 21.5 Å². The van der Waals surface area contributed by atoms with Gasteiger partial charge in [-0.1, -0.05) is 6.92 Å². The van der Waals surface area contributed by atoms with Crippen molar-refractivity contribution in [2.75, 3.05) is 6.54 Å². The fraction of sp³-hybridized carbons (Fsp3) is 0.500. The van der Waals surface area contributed by atoms with Gasteiger partial charge in [-0.05, 0) is 31.0 Å². The van der Waals surface area contributed by atoms with Crippen molar-refractivity contribution in [3.63, 3.8) is 0 Å². The van der Waals surface area contributed by atoms with Gasteiger partial charge in [0.2, 0.25) is 0 Å². The van der Waals surface area contributed by atoms with Crippen LogP contribution in [0.2, 0.25) is 0 Å². The molecule has 1 unspecified atom stereocenters. The van der Waals surface area contributed by atoms with Crippen LogP contribution in [0, 0.1) is 5.92 Å². The van der Waals surface area contributed by atoms with Crippen LogP contribution < -0.4 is 5.73 Å². The molecule has 1 atom stereocenters. The number of aryl methyl sites for hydroxylation is 2. The third kappa shape index (κ3) is 2.07. The van der Waals surface area contributed by atoms with Crippen LogP contribution in [0.3, 0.4) is 0 Å². The Labute approximate surface area is 95.5 Å². The van der Waals surface area contributed by atoms with E-state index in [1.54, 1.807) is 6.20 Å². The zero-order valence-electron chi connectivity index (χ0n) is 9.85. The number of nitrogens with two attached hydrogens (primary N) is 1. The third-order valence-corrected chi connectivity index (χ3v) is 3.01. The van der Waals surface area contributed by atoms with Gasteiger partial charge in [-0.25, -0.2) is 9.97 Å². The lowest BCUT2D eigenvalue weighted by atomic mass is 10.1. The van der Waals surface area contributed by atoms with Crippen molar-refractivity contribution in [1.82, 2.24) is 14.5 Å². The highest BCUT2D eigenvalue weighted by Crippen LogP contribution is 2.14. The largest absolute Gasteiger partial charge is 0.330 e. The first-order valence-electron chi connectivity index (χ1n) is 5.68. The van der Waals surface area contributed by atoms with Crippen molar-refractivity contribution in [3.8, 4) is 0 Å². The summed E-state index contributed by atoms with van der Waals surface area (Å²) in [4.78, 5) is 8.78. The van der Waals surface area contributed by atoms with E-state index in [9.17, 15) is 0 Å². The summed E-state index contributed by atoms with van der Waals surface area (Å²) in [5, 5.41) is 0. The molecule has 4 heteroatoms. The Hall–Kier alpha value is -1.42. The summed E-state index contributed by atoms with van der Waals surface area (Å²) in [6, 6.07) is 3.99. The van der Waals surface area contributed by atoms with Crippen LogP contribution in [0.5, 0.6) is 0 Å². The standard InChI is InChI=1S/C12H18N4/c1-9(8-13)5-6-11-15-12-10(16(11)2)4-3-7-14-12/h3-4,7,9H,5-6,8,13H2,1-2H3. The second-order valence-corrected chi connectivity index (χ2v) is 4.31. The second kappa shape index (κ2) is 4.61. The Balaban J connectivity index is 2.21. The van der Waals surface area contributed by atoms with E-state index in [0.717, 1.165) is 36.4 Å². The van der Waals surface area contributed by atoms with Crippen molar-refractivity contribution < 1.29 is 0 Å². The lowest BCUT2D eigenvalue weighted by Gasteiger charge is -2.07. The summed E-state index contributed by atoms with van der Waals surface area (Å²) in [7, 11) is 2.04. The number of rotatable bonds is 4. The summed E-state index contributed by atoms with van der Waals surface area (Å²) >= 11 is 0. The van der Waals surface area contributed by atoms with Gasteiger partial charge in [0.05, 0.1) is 5.52 Å². The molecule has 16 heavy (non-hydrogen) atoms. The SMILES string of the molecule is CC(CN)CCc1nc2ncccc2n1C. The first-order valence-corrected chi connectivity index (χ1v) is 5.68. The first-order chi connectivity index (χ1) is 7.72. The van der Waals surface area contributed by atoms with E-state index in [0.29, 0.717) is 5.92 Å². The van der Waals surface area contributed by atoms with Crippen molar-refractivity contribution >= 4 is 11.2 Å². The summed E-state index contributed by atoms with van der Waals surface area (Å²) in [6.07, 6.45) is 3.82. The van der Waals surface area contributed by atoms with Gasteiger partial charge < -0.3 is 10.3 Å². The molecule has 0 spiro atoms. The Kier molecular flexibility index (Phi) is 3.19. The third-order valence-electron chi connectivity index (χ3n) is 3.01. The monoisotopic (exact) mass is 218 g/mol. The average molecular weight is 218 g/mol. The maximum Gasteiger partial charge on any atom is 0.177 e. The Morgan fingerprint density at radius 3 is 3.00 bits per heavy atom. The predicted molar refractivity (Wildman–Crippen MR) is 65.0 cm³/mol. The van der Waals surface area contributed by atoms with E-state index in [-0.39, 0.29) is 0 Å². The van der Waals surface area contributed by atoms with Crippen LogP contribution >= 0.6 is 0 Å². The lowest BCUT2D eigenvalue weighted by molar-refractivity contribution is 0.531. The summed E-state index contributed by atoms with van der Waals surface area (Å²) in [6.45, 7) is 2.91. The van der Waals surface area contributed by atoms with Crippen molar-refractivity contribution in [2.24, 2.45) is 18.7 Å². The van der Waals surface area contributed by atoms with Gasteiger partial charge in [0.25, 0.3) is 0 Å². The normalized spacial score (nSPS) is 13.2.